The number of fused-ring (bicyclic) bond motifs is 1. The summed E-state index contributed by atoms with van der Waals surface area (Å²) in [6.45, 7) is 2.46. The molecule has 12 heteroatoms. The Morgan fingerprint density at radius 1 is 1.03 bits per heavy atom. The number of piperazine rings is 1. The molecule has 178 valence electrons. The van der Waals surface area contributed by atoms with Crippen LogP contribution in [0.1, 0.15) is 12.5 Å². The van der Waals surface area contributed by atoms with Gasteiger partial charge in [-0.15, -0.1) is 0 Å². The van der Waals surface area contributed by atoms with Crippen LogP contribution in [0.25, 0.3) is 0 Å². The van der Waals surface area contributed by atoms with Gasteiger partial charge in [-0.05, 0) is 37.3 Å². The zero-order valence-corrected chi connectivity index (χ0v) is 18.4. The van der Waals surface area contributed by atoms with Gasteiger partial charge in [0.2, 0.25) is 22.7 Å². The molecule has 0 saturated carbocycles. The van der Waals surface area contributed by atoms with Crippen molar-refractivity contribution in [3.8, 4) is 11.5 Å². The van der Waals surface area contributed by atoms with Crippen molar-refractivity contribution in [1.82, 2.24) is 9.21 Å². The molecule has 1 amide bonds. The van der Waals surface area contributed by atoms with Crippen LogP contribution in [0, 0.1) is 0 Å². The molecule has 2 aliphatic heterocycles. The normalized spacial score (nSPS) is 18.2. The van der Waals surface area contributed by atoms with Crippen LogP contribution in [0.2, 0.25) is 0 Å². The van der Waals surface area contributed by atoms with Gasteiger partial charge in [-0.25, -0.2) is 8.42 Å². The van der Waals surface area contributed by atoms with Crippen LogP contribution >= 0.6 is 0 Å². The quantitative estimate of drug-likeness (QED) is 0.701. The summed E-state index contributed by atoms with van der Waals surface area (Å²) in [5.41, 5.74) is -0.474. The first-order valence-corrected chi connectivity index (χ1v) is 11.6. The van der Waals surface area contributed by atoms with Crippen LogP contribution in [0.3, 0.4) is 0 Å². The van der Waals surface area contributed by atoms with Crippen molar-refractivity contribution in [1.29, 1.82) is 0 Å². The fourth-order valence-corrected chi connectivity index (χ4v) is 5.17. The lowest BCUT2D eigenvalue weighted by Gasteiger charge is -2.36. The second-order valence-electron chi connectivity index (χ2n) is 7.70. The van der Waals surface area contributed by atoms with Crippen LogP contribution < -0.4 is 14.8 Å². The highest BCUT2D eigenvalue weighted by atomic mass is 32.2. The van der Waals surface area contributed by atoms with E-state index in [2.05, 4.69) is 5.32 Å². The molecule has 0 unspecified atom stereocenters. The maximum absolute atomic E-state index is 13.0. The molecule has 0 aliphatic carbocycles. The van der Waals surface area contributed by atoms with Gasteiger partial charge in [0.1, 0.15) is 0 Å². The molecule has 1 atom stereocenters. The van der Waals surface area contributed by atoms with E-state index in [1.165, 1.54) is 0 Å². The second-order valence-corrected chi connectivity index (χ2v) is 9.64. The number of nitrogens with zero attached hydrogens (tertiary/aromatic N) is 2. The number of amides is 1. The fourth-order valence-electron chi connectivity index (χ4n) is 3.70. The maximum atomic E-state index is 13.0. The number of carbonyl (C=O) groups is 1. The van der Waals surface area contributed by atoms with Crippen molar-refractivity contribution < 1.29 is 35.9 Å². The van der Waals surface area contributed by atoms with E-state index in [1.807, 2.05) is 4.90 Å². The first-order chi connectivity index (χ1) is 15.6. The van der Waals surface area contributed by atoms with Gasteiger partial charge >= 0.3 is 6.18 Å². The molecule has 0 radical (unpaired) electrons. The van der Waals surface area contributed by atoms with Gasteiger partial charge in [-0.2, -0.15) is 17.5 Å². The lowest BCUT2D eigenvalue weighted by molar-refractivity contribution is -0.137. The third-order valence-corrected chi connectivity index (χ3v) is 7.53. The highest BCUT2D eigenvalue weighted by Crippen LogP contribution is 2.34. The maximum Gasteiger partial charge on any atom is 0.416 e. The predicted molar refractivity (Wildman–Crippen MR) is 112 cm³/mol. The molecule has 2 aromatic rings. The smallest absolute Gasteiger partial charge is 0.416 e. The summed E-state index contributed by atoms with van der Waals surface area (Å²) in [6.07, 6.45) is -4.63. The molecule has 2 aromatic carbocycles. The summed E-state index contributed by atoms with van der Waals surface area (Å²) in [5, 5.41) is 2.80. The Morgan fingerprint density at radius 2 is 1.73 bits per heavy atom. The topological polar surface area (TPSA) is 88.2 Å². The molecule has 1 saturated heterocycles. The molecule has 2 aliphatic rings. The van der Waals surface area contributed by atoms with Crippen LogP contribution in [0.15, 0.2) is 47.4 Å². The van der Waals surface area contributed by atoms with Crippen molar-refractivity contribution in [2.45, 2.75) is 24.0 Å². The summed E-state index contributed by atoms with van der Waals surface area (Å²) in [6, 6.07) is 8.20. The van der Waals surface area contributed by atoms with E-state index in [-0.39, 0.29) is 38.9 Å². The molecule has 0 aromatic heterocycles. The Balaban J connectivity index is 1.37. The van der Waals surface area contributed by atoms with E-state index in [4.69, 9.17) is 9.47 Å². The molecule has 8 nitrogen and oxygen atoms in total. The molecular weight excluding hydrogens is 463 g/mol. The van der Waals surface area contributed by atoms with Gasteiger partial charge < -0.3 is 14.8 Å². The van der Waals surface area contributed by atoms with E-state index in [0.29, 0.717) is 23.3 Å². The third kappa shape index (κ3) is 4.92. The lowest BCUT2D eigenvalue weighted by Crippen LogP contribution is -2.53. The van der Waals surface area contributed by atoms with Crippen LogP contribution in [0.5, 0.6) is 11.5 Å². The van der Waals surface area contributed by atoms with E-state index in [9.17, 15) is 26.4 Å². The minimum atomic E-state index is -4.63. The zero-order valence-electron chi connectivity index (χ0n) is 17.6. The van der Waals surface area contributed by atoms with E-state index < -0.39 is 32.7 Å². The zero-order chi connectivity index (χ0) is 23.8. The largest absolute Gasteiger partial charge is 0.454 e. The van der Waals surface area contributed by atoms with E-state index >= 15 is 0 Å². The highest BCUT2D eigenvalue weighted by molar-refractivity contribution is 7.89. The molecule has 2 heterocycles. The van der Waals surface area contributed by atoms with Gasteiger partial charge in [0, 0.05) is 37.9 Å². The van der Waals surface area contributed by atoms with Gasteiger partial charge in [0.25, 0.3) is 0 Å². The molecule has 1 fully saturated rings. The van der Waals surface area contributed by atoms with Gasteiger partial charge in [-0.1, -0.05) is 6.07 Å². The monoisotopic (exact) mass is 485 g/mol. The molecule has 4 rings (SSSR count). The Morgan fingerprint density at radius 3 is 2.42 bits per heavy atom. The SMILES string of the molecule is C[C@@H](C(=O)Nc1ccc2c(c1)OCO2)N1CCN(S(=O)(=O)c2cccc(C(F)(F)F)c2)CC1. The van der Waals surface area contributed by atoms with Crippen LogP contribution in [-0.2, 0) is 21.0 Å². The number of hydrogen-bond donors (Lipinski definition) is 1. The van der Waals surface area contributed by atoms with Crippen molar-refractivity contribution in [3.05, 3.63) is 48.0 Å². The summed E-state index contributed by atoms with van der Waals surface area (Å²) in [5.74, 6) is 0.857. The predicted octanol–water partition coefficient (Wildman–Crippen LogP) is 2.77. The number of hydrogen-bond acceptors (Lipinski definition) is 6. The van der Waals surface area contributed by atoms with Gasteiger partial charge in [0.15, 0.2) is 11.5 Å². The Labute approximate surface area is 188 Å². The standard InChI is InChI=1S/C21H22F3N3O5S/c1-14(20(28)25-16-5-6-18-19(12-16)32-13-31-18)26-7-9-27(10-8-26)33(29,30)17-4-2-3-15(11-17)21(22,23)24/h2-6,11-12,14H,7-10,13H2,1H3,(H,25,28)/t14-/m0/s1. The lowest BCUT2D eigenvalue weighted by atomic mass is 10.2. The fraction of sp³-hybridized carbons (Fsp3) is 0.381. The average molecular weight is 485 g/mol. The summed E-state index contributed by atoms with van der Waals surface area (Å²) in [7, 11) is -4.09. The van der Waals surface area contributed by atoms with Crippen LogP contribution in [-0.4, -0.2) is 62.5 Å². The number of rotatable bonds is 5. The second kappa shape index (κ2) is 8.84. The molecule has 0 bridgehead atoms. The summed E-state index contributed by atoms with van der Waals surface area (Å²) in [4.78, 5) is 14.1. The molecular formula is C21H22F3N3O5S. The average Bonchev–Trinajstić information content (AvgIpc) is 3.26. The van der Waals surface area contributed by atoms with Crippen molar-refractivity contribution >= 4 is 21.6 Å². The minimum absolute atomic E-state index is 0.0558. The van der Waals surface area contributed by atoms with E-state index in [0.717, 1.165) is 22.5 Å². The van der Waals surface area contributed by atoms with Crippen molar-refractivity contribution in [2.24, 2.45) is 0 Å². The number of nitrogens with one attached hydrogen (secondary N) is 1. The Bertz CT molecular complexity index is 1150. The summed E-state index contributed by atoms with van der Waals surface area (Å²) < 4.78 is 76.3. The first-order valence-electron chi connectivity index (χ1n) is 10.2. The minimum Gasteiger partial charge on any atom is -0.454 e. The number of ether oxygens (including phenoxy) is 2. The molecule has 33 heavy (non-hydrogen) atoms. The first kappa shape index (κ1) is 23.3. The number of sulfonamides is 1. The Kier molecular flexibility index (Phi) is 6.25. The number of benzene rings is 2. The van der Waals surface area contributed by atoms with Crippen molar-refractivity contribution in [3.63, 3.8) is 0 Å². The third-order valence-electron chi connectivity index (χ3n) is 5.64. The molecule has 1 N–H and O–H groups in total. The van der Waals surface area contributed by atoms with Crippen molar-refractivity contribution in [2.75, 3.05) is 38.3 Å². The Hall–Kier alpha value is -2.83. The summed E-state index contributed by atoms with van der Waals surface area (Å²) >= 11 is 0. The number of carbonyl (C=O) groups excluding carboxylic acids is 1. The van der Waals surface area contributed by atoms with E-state index in [1.54, 1.807) is 25.1 Å². The van der Waals surface area contributed by atoms with Gasteiger partial charge in [-0.3, -0.25) is 9.69 Å². The van der Waals surface area contributed by atoms with Crippen LogP contribution in [0.4, 0.5) is 18.9 Å². The number of halogens is 3. The molecule has 0 spiro atoms. The number of alkyl halides is 3. The number of anilines is 1. The highest BCUT2D eigenvalue weighted by Gasteiger charge is 2.35. The van der Waals surface area contributed by atoms with Gasteiger partial charge in [0.05, 0.1) is 16.5 Å².